The smallest absolute Gasteiger partial charge is 0.339 e. The molecule has 0 aliphatic rings. The standard InChI is InChI=1S/C15H13FO3S/c1-19-13-7-6-10(8-11(13)15(17)18)9-20-14-5-3-2-4-12(14)16/h2-8H,9H2,1H3,(H,17,18). The third-order valence-electron chi connectivity index (χ3n) is 2.73. The minimum Gasteiger partial charge on any atom is -0.496 e. The number of carbonyl (C=O) groups is 1. The molecule has 5 heteroatoms. The zero-order valence-corrected chi connectivity index (χ0v) is 11.6. The number of methoxy groups -OCH3 is 1. The minimum atomic E-state index is -1.04. The highest BCUT2D eigenvalue weighted by atomic mass is 32.2. The Balaban J connectivity index is 2.16. The summed E-state index contributed by atoms with van der Waals surface area (Å²) < 4.78 is 18.5. The van der Waals surface area contributed by atoms with Gasteiger partial charge in [0.25, 0.3) is 0 Å². The number of benzene rings is 2. The molecule has 0 aliphatic heterocycles. The summed E-state index contributed by atoms with van der Waals surface area (Å²) in [6.07, 6.45) is 0. The Morgan fingerprint density at radius 2 is 2.05 bits per heavy atom. The molecule has 0 radical (unpaired) electrons. The summed E-state index contributed by atoms with van der Waals surface area (Å²) in [7, 11) is 1.43. The van der Waals surface area contributed by atoms with Crippen molar-refractivity contribution in [3.63, 3.8) is 0 Å². The second kappa shape index (κ2) is 6.43. The lowest BCUT2D eigenvalue weighted by Crippen LogP contribution is -2.01. The minimum absolute atomic E-state index is 0.110. The molecule has 1 N–H and O–H groups in total. The SMILES string of the molecule is COc1ccc(CSc2ccccc2F)cc1C(=O)O. The van der Waals surface area contributed by atoms with E-state index < -0.39 is 5.97 Å². The number of aromatic carboxylic acids is 1. The van der Waals surface area contributed by atoms with Gasteiger partial charge in [0, 0.05) is 10.6 Å². The molecule has 0 unspecified atom stereocenters. The van der Waals surface area contributed by atoms with Gasteiger partial charge in [-0.15, -0.1) is 11.8 Å². The predicted molar refractivity (Wildman–Crippen MR) is 75.9 cm³/mol. The molecule has 0 fully saturated rings. The van der Waals surface area contributed by atoms with Crippen molar-refractivity contribution in [3.8, 4) is 5.75 Å². The van der Waals surface area contributed by atoms with Crippen LogP contribution in [0.15, 0.2) is 47.4 Å². The van der Waals surface area contributed by atoms with Crippen molar-refractivity contribution in [2.45, 2.75) is 10.6 Å². The highest BCUT2D eigenvalue weighted by molar-refractivity contribution is 7.98. The van der Waals surface area contributed by atoms with E-state index in [4.69, 9.17) is 9.84 Å². The van der Waals surface area contributed by atoms with E-state index in [0.717, 1.165) is 5.56 Å². The fourth-order valence-corrected chi connectivity index (χ4v) is 2.62. The van der Waals surface area contributed by atoms with E-state index in [1.165, 1.54) is 24.9 Å². The van der Waals surface area contributed by atoms with Crippen LogP contribution in [0.25, 0.3) is 0 Å². The van der Waals surface area contributed by atoms with Crippen molar-refractivity contribution in [1.29, 1.82) is 0 Å². The number of hydrogen-bond donors (Lipinski definition) is 1. The first kappa shape index (κ1) is 14.4. The van der Waals surface area contributed by atoms with Gasteiger partial charge >= 0.3 is 5.97 Å². The molecule has 104 valence electrons. The summed E-state index contributed by atoms with van der Waals surface area (Å²) in [6, 6.07) is 11.4. The first-order chi connectivity index (χ1) is 9.61. The average molecular weight is 292 g/mol. The number of rotatable bonds is 5. The lowest BCUT2D eigenvalue weighted by molar-refractivity contribution is 0.0693. The average Bonchev–Trinajstić information content (AvgIpc) is 2.46. The van der Waals surface area contributed by atoms with E-state index in [9.17, 15) is 9.18 Å². The van der Waals surface area contributed by atoms with Crippen molar-refractivity contribution in [3.05, 3.63) is 59.4 Å². The fourth-order valence-electron chi connectivity index (χ4n) is 1.73. The molecule has 2 aromatic rings. The number of halogens is 1. The monoisotopic (exact) mass is 292 g/mol. The van der Waals surface area contributed by atoms with Crippen LogP contribution >= 0.6 is 11.8 Å². The van der Waals surface area contributed by atoms with Gasteiger partial charge in [-0.3, -0.25) is 0 Å². The van der Waals surface area contributed by atoms with E-state index in [-0.39, 0.29) is 11.4 Å². The van der Waals surface area contributed by atoms with Gasteiger partial charge in [0.05, 0.1) is 7.11 Å². The molecule has 0 spiro atoms. The summed E-state index contributed by atoms with van der Waals surface area (Å²) in [6.45, 7) is 0. The maximum atomic E-state index is 13.5. The highest BCUT2D eigenvalue weighted by Gasteiger charge is 2.12. The highest BCUT2D eigenvalue weighted by Crippen LogP contribution is 2.27. The van der Waals surface area contributed by atoms with Gasteiger partial charge < -0.3 is 9.84 Å². The largest absolute Gasteiger partial charge is 0.496 e. The molecule has 0 aromatic heterocycles. The maximum Gasteiger partial charge on any atom is 0.339 e. The normalized spacial score (nSPS) is 10.3. The van der Waals surface area contributed by atoms with Crippen molar-refractivity contribution < 1.29 is 19.0 Å². The number of carboxylic acid groups (broad SMARTS) is 1. The molecule has 3 nitrogen and oxygen atoms in total. The van der Waals surface area contributed by atoms with Gasteiger partial charge in [0.15, 0.2) is 0 Å². The molecular formula is C15H13FO3S. The number of carboxylic acids is 1. The van der Waals surface area contributed by atoms with Crippen LogP contribution in [0.4, 0.5) is 4.39 Å². The molecule has 0 amide bonds. The fraction of sp³-hybridized carbons (Fsp3) is 0.133. The Bertz CT molecular complexity index is 628. The molecule has 0 atom stereocenters. The van der Waals surface area contributed by atoms with E-state index in [1.807, 2.05) is 0 Å². The van der Waals surface area contributed by atoms with Gasteiger partial charge in [-0.25, -0.2) is 9.18 Å². The molecule has 0 aliphatic carbocycles. The Hall–Kier alpha value is -2.01. The zero-order chi connectivity index (χ0) is 14.5. The third kappa shape index (κ3) is 3.30. The van der Waals surface area contributed by atoms with Crippen molar-refractivity contribution in [1.82, 2.24) is 0 Å². The van der Waals surface area contributed by atoms with E-state index in [0.29, 0.717) is 16.4 Å². The van der Waals surface area contributed by atoms with Crippen molar-refractivity contribution >= 4 is 17.7 Å². The molecule has 0 bridgehead atoms. The Morgan fingerprint density at radius 1 is 1.30 bits per heavy atom. The molecular weight excluding hydrogens is 279 g/mol. The second-order valence-electron chi connectivity index (χ2n) is 4.06. The summed E-state index contributed by atoms with van der Waals surface area (Å²) in [5.41, 5.74) is 0.913. The first-order valence-corrected chi connectivity index (χ1v) is 6.88. The van der Waals surface area contributed by atoms with Gasteiger partial charge in [-0.05, 0) is 29.8 Å². The van der Waals surface area contributed by atoms with Crippen LogP contribution in [0.1, 0.15) is 15.9 Å². The van der Waals surface area contributed by atoms with Crippen LogP contribution in [0.2, 0.25) is 0 Å². The third-order valence-corrected chi connectivity index (χ3v) is 3.85. The summed E-state index contributed by atoms with van der Waals surface area (Å²) in [4.78, 5) is 11.7. The number of ether oxygens (including phenoxy) is 1. The van der Waals surface area contributed by atoms with Crippen LogP contribution in [-0.4, -0.2) is 18.2 Å². The van der Waals surface area contributed by atoms with Crippen LogP contribution in [0.5, 0.6) is 5.75 Å². The number of hydrogen-bond acceptors (Lipinski definition) is 3. The van der Waals surface area contributed by atoms with E-state index in [2.05, 4.69) is 0 Å². The Labute approximate surface area is 120 Å². The van der Waals surface area contributed by atoms with Gasteiger partial charge in [0.1, 0.15) is 17.1 Å². The van der Waals surface area contributed by atoms with Gasteiger partial charge in [-0.1, -0.05) is 18.2 Å². The van der Waals surface area contributed by atoms with Gasteiger partial charge in [0.2, 0.25) is 0 Å². The zero-order valence-electron chi connectivity index (χ0n) is 10.8. The topological polar surface area (TPSA) is 46.5 Å². The summed E-state index contributed by atoms with van der Waals surface area (Å²) in [5.74, 6) is -0.508. The van der Waals surface area contributed by atoms with Crippen LogP contribution in [0, 0.1) is 5.82 Å². The molecule has 20 heavy (non-hydrogen) atoms. The summed E-state index contributed by atoms with van der Waals surface area (Å²) in [5, 5.41) is 9.10. The molecule has 0 saturated heterocycles. The molecule has 2 aromatic carbocycles. The van der Waals surface area contributed by atoms with E-state index >= 15 is 0 Å². The Kier molecular flexibility index (Phi) is 4.63. The lowest BCUT2D eigenvalue weighted by Gasteiger charge is -2.08. The lowest BCUT2D eigenvalue weighted by atomic mass is 10.1. The molecule has 0 heterocycles. The van der Waals surface area contributed by atoms with Crippen LogP contribution in [-0.2, 0) is 5.75 Å². The molecule has 0 saturated carbocycles. The maximum absolute atomic E-state index is 13.5. The van der Waals surface area contributed by atoms with Gasteiger partial charge in [-0.2, -0.15) is 0 Å². The van der Waals surface area contributed by atoms with Crippen molar-refractivity contribution in [2.75, 3.05) is 7.11 Å². The Morgan fingerprint density at radius 3 is 2.70 bits per heavy atom. The van der Waals surface area contributed by atoms with Crippen LogP contribution in [0.3, 0.4) is 0 Å². The first-order valence-electron chi connectivity index (χ1n) is 5.89. The number of thioether (sulfide) groups is 1. The predicted octanol–water partition coefficient (Wildman–Crippen LogP) is 3.82. The van der Waals surface area contributed by atoms with Crippen molar-refractivity contribution in [2.24, 2.45) is 0 Å². The second-order valence-corrected chi connectivity index (χ2v) is 5.08. The quantitative estimate of drug-likeness (QED) is 0.851. The van der Waals surface area contributed by atoms with Crippen LogP contribution < -0.4 is 4.74 Å². The summed E-state index contributed by atoms with van der Waals surface area (Å²) >= 11 is 1.33. The molecule has 2 rings (SSSR count). The van der Waals surface area contributed by atoms with E-state index in [1.54, 1.807) is 36.4 Å².